The molecule has 1 aromatic carbocycles. The van der Waals surface area contributed by atoms with Crippen molar-refractivity contribution in [3.8, 4) is 5.75 Å². The van der Waals surface area contributed by atoms with Gasteiger partial charge in [0.15, 0.2) is 0 Å². The van der Waals surface area contributed by atoms with Crippen molar-refractivity contribution in [2.24, 2.45) is 11.7 Å². The van der Waals surface area contributed by atoms with Gasteiger partial charge >= 0.3 is 0 Å². The zero-order valence-electron chi connectivity index (χ0n) is 14.9. The maximum absolute atomic E-state index is 11.8. The number of amides is 1. The lowest BCUT2D eigenvalue weighted by atomic mass is 10.0. The second kappa shape index (κ2) is 9.52. The van der Waals surface area contributed by atoms with Gasteiger partial charge in [-0.2, -0.15) is 0 Å². The van der Waals surface area contributed by atoms with Gasteiger partial charge in [-0.25, -0.2) is 0 Å². The Hall–Kier alpha value is -1.75. The summed E-state index contributed by atoms with van der Waals surface area (Å²) in [4.78, 5) is 11.8. The Morgan fingerprint density at radius 3 is 2.50 bits per heavy atom. The van der Waals surface area contributed by atoms with Gasteiger partial charge in [0.2, 0.25) is 5.91 Å². The number of nitrogens with two attached hydrogens (primary N) is 1. The van der Waals surface area contributed by atoms with E-state index in [1.165, 1.54) is 25.7 Å². The monoisotopic (exact) mass is 333 g/mol. The smallest absolute Gasteiger partial charge is 0.236 e. The van der Waals surface area contributed by atoms with Crippen molar-refractivity contribution in [3.05, 3.63) is 24.3 Å². The number of ether oxygens (including phenoxy) is 1. The van der Waals surface area contributed by atoms with Crippen LogP contribution >= 0.6 is 0 Å². The first-order chi connectivity index (χ1) is 11.5. The zero-order valence-corrected chi connectivity index (χ0v) is 14.9. The third-order valence-electron chi connectivity index (χ3n) is 4.27. The highest BCUT2D eigenvalue weighted by Gasteiger charge is 2.16. The fourth-order valence-corrected chi connectivity index (χ4v) is 2.99. The number of carbonyl (C=O) groups is 1. The number of hydrogen-bond acceptors (Lipinski definition) is 4. The first-order valence-corrected chi connectivity index (χ1v) is 9.08. The van der Waals surface area contributed by atoms with Gasteiger partial charge in [-0.05, 0) is 62.3 Å². The fourth-order valence-electron chi connectivity index (χ4n) is 2.99. The van der Waals surface area contributed by atoms with E-state index in [4.69, 9.17) is 10.5 Å². The van der Waals surface area contributed by atoms with E-state index in [1.54, 1.807) is 0 Å². The van der Waals surface area contributed by atoms with Crippen LogP contribution in [0.2, 0.25) is 0 Å². The zero-order chi connectivity index (χ0) is 17.4. The van der Waals surface area contributed by atoms with Crippen LogP contribution < -0.4 is 21.1 Å². The molecule has 1 aliphatic carbocycles. The Kier molecular flexibility index (Phi) is 7.37. The Bertz CT molecular complexity index is 496. The van der Waals surface area contributed by atoms with Gasteiger partial charge in [-0.1, -0.05) is 13.8 Å². The van der Waals surface area contributed by atoms with E-state index in [0.717, 1.165) is 11.4 Å². The van der Waals surface area contributed by atoms with Crippen LogP contribution in [0.15, 0.2) is 24.3 Å². The number of hydrogen-bond donors (Lipinski definition) is 3. The molecule has 0 spiro atoms. The van der Waals surface area contributed by atoms with Crippen LogP contribution in [0, 0.1) is 5.92 Å². The summed E-state index contributed by atoms with van der Waals surface area (Å²) in [6.07, 6.45) is 5.97. The molecular formula is C19H31N3O2. The summed E-state index contributed by atoms with van der Waals surface area (Å²) in [5.74, 6) is 1.28. The highest BCUT2D eigenvalue weighted by Crippen LogP contribution is 2.24. The standard InChI is InChI=1S/C19H31N3O2/c1-14(2)13-18(20)19(23)22-12-11-21-15-7-9-17(10-8-15)24-16-5-3-4-6-16/h7-10,14,16,18,21H,3-6,11-13,20H2,1-2H3,(H,22,23). The Labute approximate surface area is 145 Å². The normalized spacial score (nSPS) is 16.2. The van der Waals surface area contributed by atoms with E-state index < -0.39 is 6.04 Å². The highest BCUT2D eigenvalue weighted by atomic mass is 16.5. The molecule has 1 amide bonds. The highest BCUT2D eigenvalue weighted by molar-refractivity contribution is 5.81. The topological polar surface area (TPSA) is 76.4 Å². The van der Waals surface area contributed by atoms with Crippen molar-refractivity contribution in [3.63, 3.8) is 0 Å². The minimum Gasteiger partial charge on any atom is -0.490 e. The molecule has 0 aliphatic heterocycles. The molecule has 1 atom stereocenters. The van der Waals surface area contributed by atoms with Gasteiger partial charge in [0.1, 0.15) is 5.75 Å². The second-order valence-electron chi connectivity index (χ2n) is 7.00. The van der Waals surface area contributed by atoms with E-state index in [0.29, 0.717) is 31.5 Å². The number of benzene rings is 1. The van der Waals surface area contributed by atoms with Crippen molar-refractivity contribution < 1.29 is 9.53 Å². The van der Waals surface area contributed by atoms with E-state index >= 15 is 0 Å². The molecule has 0 saturated heterocycles. The third-order valence-corrected chi connectivity index (χ3v) is 4.27. The van der Waals surface area contributed by atoms with Crippen LogP contribution in [0.3, 0.4) is 0 Å². The van der Waals surface area contributed by atoms with Gasteiger partial charge in [-0.3, -0.25) is 4.79 Å². The molecule has 1 aromatic rings. The van der Waals surface area contributed by atoms with Crippen LogP contribution in [0.25, 0.3) is 0 Å². The van der Waals surface area contributed by atoms with Crippen LogP contribution in [0.5, 0.6) is 5.75 Å². The summed E-state index contributed by atoms with van der Waals surface area (Å²) in [6, 6.07) is 7.60. The molecule has 0 radical (unpaired) electrons. The van der Waals surface area contributed by atoms with Crippen LogP contribution in [-0.2, 0) is 4.79 Å². The maximum atomic E-state index is 11.8. The van der Waals surface area contributed by atoms with Crippen molar-refractivity contribution in [2.75, 3.05) is 18.4 Å². The molecule has 1 aliphatic rings. The lowest BCUT2D eigenvalue weighted by Gasteiger charge is -2.15. The second-order valence-corrected chi connectivity index (χ2v) is 7.00. The predicted molar refractivity (Wildman–Crippen MR) is 98.3 cm³/mol. The van der Waals surface area contributed by atoms with Crippen molar-refractivity contribution >= 4 is 11.6 Å². The molecule has 5 heteroatoms. The number of anilines is 1. The summed E-state index contributed by atoms with van der Waals surface area (Å²) in [7, 11) is 0. The Morgan fingerprint density at radius 2 is 1.88 bits per heavy atom. The average Bonchev–Trinajstić information content (AvgIpc) is 3.05. The van der Waals surface area contributed by atoms with Gasteiger partial charge in [-0.15, -0.1) is 0 Å². The molecule has 2 rings (SSSR count). The van der Waals surface area contributed by atoms with E-state index in [9.17, 15) is 4.79 Å². The molecule has 1 fully saturated rings. The third kappa shape index (κ3) is 6.40. The van der Waals surface area contributed by atoms with E-state index in [-0.39, 0.29) is 5.91 Å². The van der Waals surface area contributed by atoms with E-state index in [2.05, 4.69) is 24.5 Å². The minimum absolute atomic E-state index is 0.0780. The van der Waals surface area contributed by atoms with Gasteiger partial charge < -0.3 is 21.1 Å². The van der Waals surface area contributed by atoms with Gasteiger partial charge in [0.25, 0.3) is 0 Å². The first-order valence-electron chi connectivity index (χ1n) is 9.08. The number of carbonyl (C=O) groups excluding carboxylic acids is 1. The van der Waals surface area contributed by atoms with Crippen molar-refractivity contribution in [2.45, 2.75) is 58.1 Å². The van der Waals surface area contributed by atoms with Gasteiger partial charge in [0.05, 0.1) is 12.1 Å². The number of rotatable bonds is 9. The first kappa shape index (κ1) is 18.6. The predicted octanol–water partition coefficient (Wildman–Crippen LogP) is 2.91. The largest absolute Gasteiger partial charge is 0.490 e. The molecule has 1 saturated carbocycles. The summed E-state index contributed by atoms with van der Waals surface area (Å²) in [6.45, 7) is 5.36. The fraction of sp³-hybridized carbons (Fsp3) is 0.632. The number of nitrogens with one attached hydrogen (secondary N) is 2. The molecule has 0 aromatic heterocycles. The molecule has 5 nitrogen and oxygen atoms in total. The molecule has 4 N–H and O–H groups in total. The van der Waals surface area contributed by atoms with Gasteiger partial charge in [0, 0.05) is 18.8 Å². The van der Waals surface area contributed by atoms with Crippen LogP contribution in [-0.4, -0.2) is 31.1 Å². The lowest BCUT2D eigenvalue weighted by Crippen LogP contribution is -2.42. The molecule has 0 bridgehead atoms. The average molecular weight is 333 g/mol. The minimum atomic E-state index is -0.419. The Balaban J connectivity index is 1.64. The molecule has 1 unspecified atom stereocenters. The lowest BCUT2D eigenvalue weighted by molar-refractivity contribution is -0.122. The molecule has 134 valence electrons. The molecule has 24 heavy (non-hydrogen) atoms. The van der Waals surface area contributed by atoms with E-state index in [1.807, 2.05) is 24.3 Å². The SMILES string of the molecule is CC(C)CC(N)C(=O)NCCNc1ccc(OC2CCCC2)cc1. The summed E-state index contributed by atoms with van der Waals surface area (Å²) >= 11 is 0. The Morgan fingerprint density at radius 1 is 1.21 bits per heavy atom. The molecule has 0 heterocycles. The summed E-state index contributed by atoms with van der Waals surface area (Å²) in [5.41, 5.74) is 6.87. The summed E-state index contributed by atoms with van der Waals surface area (Å²) in [5, 5.41) is 6.16. The van der Waals surface area contributed by atoms with Crippen LogP contribution in [0.1, 0.15) is 46.0 Å². The quantitative estimate of drug-likeness (QED) is 0.607. The summed E-state index contributed by atoms with van der Waals surface area (Å²) < 4.78 is 5.95. The van der Waals surface area contributed by atoms with Crippen molar-refractivity contribution in [1.82, 2.24) is 5.32 Å². The molecular weight excluding hydrogens is 302 g/mol. The van der Waals surface area contributed by atoms with Crippen LogP contribution in [0.4, 0.5) is 5.69 Å². The van der Waals surface area contributed by atoms with Crippen molar-refractivity contribution in [1.29, 1.82) is 0 Å². The maximum Gasteiger partial charge on any atom is 0.236 e.